The third kappa shape index (κ3) is 5.53. The molecule has 2 aromatic rings. The number of benzene rings is 1. The normalized spacial score (nSPS) is 10.4. The molecule has 0 fully saturated rings. The Balaban J connectivity index is 1.98. The Bertz CT molecular complexity index is 792. The van der Waals surface area contributed by atoms with E-state index in [1.54, 1.807) is 25.3 Å². The number of carbonyl (C=O) groups excluding carboxylic acids is 1. The zero-order valence-corrected chi connectivity index (χ0v) is 15.2. The molecule has 8 heteroatoms. The zero-order valence-electron chi connectivity index (χ0n) is 14.4. The fourth-order valence-electron chi connectivity index (χ4n) is 2.18. The molecule has 1 aromatic heterocycles. The Morgan fingerprint density at radius 1 is 1.24 bits per heavy atom. The molecule has 0 atom stereocenters. The minimum Gasteiger partial charge on any atom is -0.493 e. The minimum absolute atomic E-state index is 0.132. The maximum Gasteiger partial charge on any atom is 0.251 e. The second kappa shape index (κ2) is 9.12. The predicted molar refractivity (Wildman–Crippen MR) is 97.8 cm³/mol. The maximum atomic E-state index is 12.1. The molecule has 0 aliphatic rings. The van der Waals surface area contributed by atoms with Crippen molar-refractivity contribution in [1.29, 1.82) is 0 Å². The average Bonchev–Trinajstić information content (AvgIpc) is 2.59. The number of aryl methyl sites for hydroxylation is 1. The number of thioether (sulfide) groups is 1. The lowest BCUT2D eigenvalue weighted by Crippen LogP contribution is -2.16. The molecule has 1 heterocycles. The summed E-state index contributed by atoms with van der Waals surface area (Å²) in [5.41, 5.74) is 1.12. The molecule has 7 nitrogen and oxygen atoms in total. The van der Waals surface area contributed by atoms with Crippen molar-refractivity contribution >= 4 is 23.4 Å². The van der Waals surface area contributed by atoms with Gasteiger partial charge in [-0.3, -0.25) is 9.59 Å². The first-order valence-corrected chi connectivity index (χ1v) is 8.79. The quantitative estimate of drug-likeness (QED) is 0.553. The van der Waals surface area contributed by atoms with Crippen LogP contribution in [0, 0.1) is 0 Å². The van der Waals surface area contributed by atoms with E-state index >= 15 is 0 Å². The fourth-order valence-corrected chi connectivity index (χ4v) is 2.88. The summed E-state index contributed by atoms with van der Waals surface area (Å²) >= 11 is 1.18. The highest BCUT2D eigenvalue weighted by Gasteiger charge is 2.09. The predicted octanol–water partition coefficient (Wildman–Crippen LogP) is 2.47. The van der Waals surface area contributed by atoms with Gasteiger partial charge in [-0.1, -0.05) is 25.1 Å². The summed E-state index contributed by atoms with van der Waals surface area (Å²) in [7, 11) is 3.08. The standard InChI is InChI=1S/C17H21N3O4S/c1-4-5-11-9-15(21)20-17(19-11)25-10-16(22)18-12-6-7-13(23-2)14(8-12)24-3/h6-9H,4-5,10H2,1-3H3,(H,18,22)(H,19,20,21). The summed E-state index contributed by atoms with van der Waals surface area (Å²) in [6.45, 7) is 2.02. The largest absolute Gasteiger partial charge is 0.493 e. The van der Waals surface area contributed by atoms with Gasteiger partial charge in [-0.15, -0.1) is 0 Å². The summed E-state index contributed by atoms with van der Waals surface area (Å²) in [4.78, 5) is 30.7. The first kappa shape index (κ1) is 18.9. The Hall–Kier alpha value is -2.48. The van der Waals surface area contributed by atoms with Crippen LogP contribution in [0.1, 0.15) is 19.0 Å². The third-order valence-corrected chi connectivity index (χ3v) is 4.16. The second-order valence-corrected chi connectivity index (χ2v) is 6.16. The molecule has 0 aliphatic carbocycles. The Morgan fingerprint density at radius 3 is 2.68 bits per heavy atom. The van der Waals surface area contributed by atoms with Gasteiger partial charge in [-0.25, -0.2) is 4.98 Å². The van der Waals surface area contributed by atoms with Crippen LogP contribution in [0.25, 0.3) is 0 Å². The Labute approximate surface area is 150 Å². The number of hydrogen-bond donors (Lipinski definition) is 2. The number of hydrogen-bond acceptors (Lipinski definition) is 6. The fraction of sp³-hybridized carbons (Fsp3) is 0.353. The van der Waals surface area contributed by atoms with E-state index in [0.717, 1.165) is 18.5 Å². The van der Waals surface area contributed by atoms with Crippen molar-refractivity contribution in [2.75, 3.05) is 25.3 Å². The number of amides is 1. The molecule has 134 valence electrons. The van der Waals surface area contributed by atoms with Gasteiger partial charge in [0.15, 0.2) is 16.7 Å². The van der Waals surface area contributed by atoms with Gasteiger partial charge in [0.05, 0.1) is 20.0 Å². The second-order valence-electron chi connectivity index (χ2n) is 5.20. The molecule has 0 saturated carbocycles. The van der Waals surface area contributed by atoms with Gasteiger partial charge in [-0.2, -0.15) is 0 Å². The molecular formula is C17H21N3O4S. The van der Waals surface area contributed by atoms with Crippen LogP contribution in [-0.4, -0.2) is 35.8 Å². The van der Waals surface area contributed by atoms with Crippen LogP contribution in [0.2, 0.25) is 0 Å². The third-order valence-electron chi connectivity index (χ3n) is 3.29. The lowest BCUT2D eigenvalue weighted by Gasteiger charge is -2.10. The summed E-state index contributed by atoms with van der Waals surface area (Å²) < 4.78 is 10.4. The highest BCUT2D eigenvalue weighted by molar-refractivity contribution is 7.99. The number of aromatic amines is 1. The SMILES string of the molecule is CCCc1cc(=O)[nH]c(SCC(=O)Nc2ccc(OC)c(OC)c2)n1. The van der Waals surface area contributed by atoms with E-state index in [1.165, 1.54) is 24.9 Å². The van der Waals surface area contributed by atoms with E-state index < -0.39 is 0 Å². The minimum atomic E-state index is -0.208. The van der Waals surface area contributed by atoms with E-state index in [0.29, 0.717) is 22.3 Å². The summed E-state index contributed by atoms with van der Waals surface area (Å²) in [5, 5.41) is 3.22. The van der Waals surface area contributed by atoms with E-state index in [4.69, 9.17) is 9.47 Å². The molecule has 0 bridgehead atoms. The van der Waals surface area contributed by atoms with Gasteiger partial charge in [0.1, 0.15) is 0 Å². The number of carbonyl (C=O) groups is 1. The van der Waals surface area contributed by atoms with Crippen molar-refractivity contribution in [3.05, 3.63) is 40.3 Å². The van der Waals surface area contributed by atoms with Crippen molar-refractivity contribution in [1.82, 2.24) is 9.97 Å². The number of nitrogens with one attached hydrogen (secondary N) is 2. The van der Waals surface area contributed by atoms with Crippen LogP contribution in [0.15, 0.2) is 34.2 Å². The number of aromatic nitrogens is 2. The number of ether oxygens (including phenoxy) is 2. The van der Waals surface area contributed by atoms with Crippen molar-refractivity contribution in [3.63, 3.8) is 0 Å². The van der Waals surface area contributed by atoms with E-state index in [1.807, 2.05) is 6.92 Å². The highest BCUT2D eigenvalue weighted by atomic mass is 32.2. The van der Waals surface area contributed by atoms with Crippen LogP contribution in [0.3, 0.4) is 0 Å². The molecule has 2 N–H and O–H groups in total. The van der Waals surface area contributed by atoms with Gasteiger partial charge in [-0.05, 0) is 18.6 Å². The Kier molecular flexibility index (Phi) is 6.88. The van der Waals surface area contributed by atoms with Crippen LogP contribution < -0.4 is 20.3 Å². The molecular weight excluding hydrogens is 342 g/mol. The molecule has 1 amide bonds. The van der Waals surface area contributed by atoms with Gasteiger partial charge in [0.25, 0.3) is 5.56 Å². The van der Waals surface area contributed by atoms with E-state index in [-0.39, 0.29) is 17.2 Å². The average molecular weight is 363 g/mol. The van der Waals surface area contributed by atoms with Crippen molar-refractivity contribution in [2.24, 2.45) is 0 Å². The number of methoxy groups -OCH3 is 2. The topological polar surface area (TPSA) is 93.3 Å². The lowest BCUT2D eigenvalue weighted by atomic mass is 10.2. The van der Waals surface area contributed by atoms with Crippen LogP contribution in [0.5, 0.6) is 11.5 Å². The first-order chi connectivity index (χ1) is 12.0. The molecule has 25 heavy (non-hydrogen) atoms. The van der Waals surface area contributed by atoms with Crippen molar-refractivity contribution < 1.29 is 14.3 Å². The monoisotopic (exact) mass is 363 g/mol. The molecule has 2 rings (SSSR count). The van der Waals surface area contributed by atoms with Gasteiger partial charge < -0.3 is 19.8 Å². The van der Waals surface area contributed by atoms with Crippen molar-refractivity contribution in [2.45, 2.75) is 24.9 Å². The Morgan fingerprint density at radius 2 is 2.00 bits per heavy atom. The zero-order chi connectivity index (χ0) is 18.2. The maximum absolute atomic E-state index is 12.1. The van der Waals surface area contributed by atoms with Crippen LogP contribution in [0.4, 0.5) is 5.69 Å². The first-order valence-electron chi connectivity index (χ1n) is 7.80. The summed E-state index contributed by atoms with van der Waals surface area (Å²) in [5.74, 6) is 1.05. The summed E-state index contributed by atoms with van der Waals surface area (Å²) in [6, 6.07) is 6.61. The molecule has 0 saturated heterocycles. The molecule has 0 radical (unpaired) electrons. The smallest absolute Gasteiger partial charge is 0.251 e. The molecule has 0 spiro atoms. The highest BCUT2D eigenvalue weighted by Crippen LogP contribution is 2.29. The van der Waals surface area contributed by atoms with Gasteiger partial charge in [0, 0.05) is 23.5 Å². The molecule has 0 aliphatic heterocycles. The number of H-pyrrole nitrogens is 1. The number of anilines is 1. The van der Waals surface area contributed by atoms with Gasteiger partial charge >= 0.3 is 0 Å². The molecule has 0 unspecified atom stereocenters. The van der Waals surface area contributed by atoms with Crippen LogP contribution >= 0.6 is 11.8 Å². The number of rotatable bonds is 8. The van der Waals surface area contributed by atoms with E-state index in [9.17, 15) is 9.59 Å². The number of nitrogens with zero attached hydrogens (tertiary/aromatic N) is 1. The van der Waals surface area contributed by atoms with E-state index in [2.05, 4.69) is 15.3 Å². The summed E-state index contributed by atoms with van der Waals surface area (Å²) in [6.07, 6.45) is 1.63. The van der Waals surface area contributed by atoms with Crippen molar-refractivity contribution in [3.8, 4) is 11.5 Å². The lowest BCUT2D eigenvalue weighted by molar-refractivity contribution is -0.113. The van der Waals surface area contributed by atoms with Crippen LogP contribution in [-0.2, 0) is 11.2 Å². The van der Waals surface area contributed by atoms with Gasteiger partial charge in [0.2, 0.25) is 5.91 Å². The molecule has 1 aromatic carbocycles.